The highest BCUT2D eigenvalue weighted by molar-refractivity contribution is 7.20. The quantitative estimate of drug-likeness (QED) is 0.561. The van der Waals surface area contributed by atoms with Gasteiger partial charge < -0.3 is 14.8 Å². The maximum Gasteiger partial charge on any atom is 0.261 e. The monoisotopic (exact) mass is 482 g/mol. The van der Waals surface area contributed by atoms with Crippen LogP contribution in [0.3, 0.4) is 0 Å². The van der Waals surface area contributed by atoms with Crippen molar-refractivity contribution in [1.29, 1.82) is 0 Å². The Morgan fingerprint density at radius 2 is 1.85 bits per heavy atom. The van der Waals surface area contributed by atoms with Gasteiger partial charge in [-0.3, -0.25) is 9.69 Å². The van der Waals surface area contributed by atoms with Crippen LogP contribution in [0.5, 0.6) is 5.75 Å². The second-order valence-electron chi connectivity index (χ2n) is 9.77. The van der Waals surface area contributed by atoms with E-state index >= 15 is 0 Å². The Kier molecular flexibility index (Phi) is 7.21. The van der Waals surface area contributed by atoms with E-state index in [1.165, 1.54) is 11.3 Å². The highest BCUT2D eigenvalue weighted by Crippen LogP contribution is 2.33. The Labute approximate surface area is 205 Å². The molecule has 4 rings (SSSR count). The molecule has 2 aromatic heterocycles. The molecule has 1 aliphatic heterocycles. The van der Waals surface area contributed by atoms with E-state index in [-0.39, 0.29) is 17.4 Å². The first-order valence-corrected chi connectivity index (χ1v) is 12.5. The number of thiophene rings is 1. The maximum absolute atomic E-state index is 13.3. The minimum atomic E-state index is -0.150. The van der Waals surface area contributed by atoms with E-state index in [4.69, 9.17) is 19.4 Å². The number of nitrogens with one attached hydrogen (secondary N) is 1. The summed E-state index contributed by atoms with van der Waals surface area (Å²) in [6.07, 6.45) is 0. The van der Waals surface area contributed by atoms with Gasteiger partial charge in [-0.15, -0.1) is 11.3 Å². The molecule has 1 aliphatic rings. The third-order valence-electron chi connectivity index (χ3n) is 6.29. The van der Waals surface area contributed by atoms with Crippen molar-refractivity contribution >= 4 is 27.5 Å². The molecule has 0 bridgehead atoms. The van der Waals surface area contributed by atoms with Gasteiger partial charge >= 0.3 is 0 Å². The first kappa shape index (κ1) is 24.6. The van der Waals surface area contributed by atoms with Crippen LogP contribution in [0.1, 0.15) is 59.1 Å². The number of methoxy groups -OCH3 is 1. The van der Waals surface area contributed by atoms with Crippen LogP contribution in [-0.4, -0.2) is 60.7 Å². The van der Waals surface area contributed by atoms with E-state index in [1.54, 1.807) is 7.11 Å². The standard InChI is InChI=1S/C26H34N4O3S/c1-16-21-17(2)28-25(26(3,4)5)29-24(21)34-22(16)23(31)27-15-20(30-11-13-33-14-12-30)18-7-9-19(32-6)10-8-18/h7-10,20H,11-15H2,1-6H3,(H,27,31)/t20-/m0/s1. The summed E-state index contributed by atoms with van der Waals surface area (Å²) in [4.78, 5) is 26.8. The predicted molar refractivity (Wildman–Crippen MR) is 136 cm³/mol. The number of carbonyl (C=O) groups excluding carboxylic acids is 1. The molecular weight excluding hydrogens is 448 g/mol. The third kappa shape index (κ3) is 5.09. The second-order valence-corrected chi connectivity index (χ2v) is 10.8. The fourth-order valence-electron chi connectivity index (χ4n) is 4.33. The first-order valence-electron chi connectivity index (χ1n) is 11.7. The van der Waals surface area contributed by atoms with Gasteiger partial charge in [0, 0.05) is 30.4 Å². The van der Waals surface area contributed by atoms with E-state index in [1.807, 2.05) is 26.0 Å². The number of ether oxygens (including phenoxy) is 2. The van der Waals surface area contributed by atoms with Gasteiger partial charge in [-0.05, 0) is 37.1 Å². The smallest absolute Gasteiger partial charge is 0.261 e. The average molecular weight is 483 g/mol. The van der Waals surface area contributed by atoms with Gasteiger partial charge in [0.25, 0.3) is 5.91 Å². The largest absolute Gasteiger partial charge is 0.497 e. The van der Waals surface area contributed by atoms with Crippen LogP contribution in [0, 0.1) is 13.8 Å². The number of rotatable bonds is 6. The molecule has 34 heavy (non-hydrogen) atoms. The van der Waals surface area contributed by atoms with E-state index in [0.29, 0.717) is 24.6 Å². The van der Waals surface area contributed by atoms with E-state index in [2.05, 4.69) is 43.1 Å². The number of hydrogen-bond donors (Lipinski definition) is 1. The minimum absolute atomic E-state index is 0.0578. The molecule has 1 saturated heterocycles. The van der Waals surface area contributed by atoms with Crippen LogP contribution in [-0.2, 0) is 10.2 Å². The highest BCUT2D eigenvalue weighted by atomic mass is 32.1. The Morgan fingerprint density at radius 1 is 1.18 bits per heavy atom. The van der Waals surface area contributed by atoms with Crippen molar-refractivity contribution in [2.24, 2.45) is 0 Å². The number of aryl methyl sites for hydroxylation is 2. The average Bonchev–Trinajstić information content (AvgIpc) is 3.16. The van der Waals surface area contributed by atoms with E-state index in [9.17, 15) is 4.79 Å². The number of benzene rings is 1. The predicted octanol–water partition coefficient (Wildman–Crippen LogP) is 4.42. The van der Waals surface area contributed by atoms with Crippen LogP contribution in [0.4, 0.5) is 0 Å². The Hall–Kier alpha value is -2.55. The lowest BCUT2D eigenvalue weighted by Crippen LogP contribution is -2.43. The number of morpholine rings is 1. The van der Waals surface area contributed by atoms with Crippen molar-refractivity contribution in [2.45, 2.75) is 46.1 Å². The molecule has 7 nitrogen and oxygen atoms in total. The molecule has 0 unspecified atom stereocenters. The zero-order valence-corrected chi connectivity index (χ0v) is 21.7. The SMILES string of the molecule is COc1ccc([C@H](CNC(=O)c2sc3nc(C(C)(C)C)nc(C)c3c2C)N2CCOCC2)cc1. The summed E-state index contributed by atoms with van der Waals surface area (Å²) in [6, 6.07) is 8.14. The Balaban J connectivity index is 1.58. The molecule has 0 radical (unpaired) electrons. The first-order chi connectivity index (χ1) is 16.2. The molecular formula is C26H34N4O3S. The van der Waals surface area contributed by atoms with E-state index in [0.717, 1.165) is 51.7 Å². The molecule has 8 heteroatoms. The summed E-state index contributed by atoms with van der Waals surface area (Å²) in [5.74, 6) is 1.56. The van der Waals surface area contributed by atoms with Crippen LogP contribution >= 0.6 is 11.3 Å². The van der Waals surface area contributed by atoms with Gasteiger partial charge in [-0.1, -0.05) is 32.9 Å². The van der Waals surface area contributed by atoms with Crippen molar-refractivity contribution in [3.05, 3.63) is 51.8 Å². The molecule has 0 aliphatic carbocycles. The van der Waals surface area contributed by atoms with Crippen molar-refractivity contribution in [1.82, 2.24) is 20.2 Å². The number of aromatic nitrogens is 2. The molecule has 0 spiro atoms. The molecule has 1 N–H and O–H groups in total. The number of hydrogen-bond acceptors (Lipinski definition) is 7. The van der Waals surface area contributed by atoms with Crippen LogP contribution in [0.2, 0.25) is 0 Å². The number of fused-ring (bicyclic) bond motifs is 1. The molecule has 182 valence electrons. The summed E-state index contributed by atoms with van der Waals surface area (Å²) >= 11 is 1.45. The van der Waals surface area contributed by atoms with Crippen LogP contribution in [0.15, 0.2) is 24.3 Å². The lowest BCUT2D eigenvalue weighted by Gasteiger charge is -2.35. The topological polar surface area (TPSA) is 76.6 Å². The van der Waals surface area contributed by atoms with Crippen molar-refractivity contribution in [3.63, 3.8) is 0 Å². The lowest BCUT2D eigenvalue weighted by atomic mass is 9.95. The molecule has 3 aromatic rings. The number of nitrogens with zero attached hydrogens (tertiary/aromatic N) is 3. The molecule has 1 atom stereocenters. The second kappa shape index (κ2) is 9.98. The van der Waals surface area contributed by atoms with Gasteiger partial charge in [0.05, 0.1) is 36.9 Å². The molecule has 3 heterocycles. The van der Waals surface area contributed by atoms with Crippen LogP contribution < -0.4 is 10.1 Å². The van der Waals surface area contributed by atoms with Crippen molar-refractivity contribution in [2.75, 3.05) is 40.0 Å². The van der Waals surface area contributed by atoms with Crippen LogP contribution in [0.25, 0.3) is 10.2 Å². The van der Waals surface area contributed by atoms with Crippen molar-refractivity contribution in [3.8, 4) is 5.75 Å². The zero-order chi connectivity index (χ0) is 24.5. The fraction of sp³-hybridized carbons (Fsp3) is 0.500. The van der Waals surface area contributed by atoms with Gasteiger partial charge in [-0.2, -0.15) is 0 Å². The van der Waals surface area contributed by atoms with Crippen molar-refractivity contribution < 1.29 is 14.3 Å². The third-order valence-corrected chi connectivity index (χ3v) is 7.48. The number of carbonyl (C=O) groups is 1. The summed E-state index contributed by atoms with van der Waals surface area (Å²) < 4.78 is 10.9. The molecule has 1 amide bonds. The highest BCUT2D eigenvalue weighted by Gasteiger charge is 2.26. The van der Waals surface area contributed by atoms with Gasteiger partial charge in [0.1, 0.15) is 16.4 Å². The zero-order valence-electron chi connectivity index (χ0n) is 20.9. The Morgan fingerprint density at radius 3 is 2.47 bits per heavy atom. The van der Waals surface area contributed by atoms with E-state index < -0.39 is 0 Å². The molecule has 1 aromatic carbocycles. The minimum Gasteiger partial charge on any atom is -0.497 e. The van der Waals surface area contributed by atoms with Gasteiger partial charge in [0.15, 0.2) is 0 Å². The molecule has 1 fully saturated rings. The summed E-state index contributed by atoms with van der Waals surface area (Å²) in [5, 5.41) is 4.19. The lowest BCUT2D eigenvalue weighted by molar-refractivity contribution is 0.0162. The molecule has 0 saturated carbocycles. The maximum atomic E-state index is 13.3. The summed E-state index contributed by atoms with van der Waals surface area (Å²) in [5.41, 5.74) is 2.87. The van der Waals surface area contributed by atoms with Gasteiger partial charge in [-0.25, -0.2) is 9.97 Å². The normalized spacial score (nSPS) is 15.9. The number of amides is 1. The Bertz CT molecular complexity index is 1160. The summed E-state index contributed by atoms with van der Waals surface area (Å²) in [6.45, 7) is 13.9. The summed E-state index contributed by atoms with van der Waals surface area (Å²) in [7, 11) is 1.67. The fourth-order valence-corrected chi connectivity index (χ4v) is 5.48. The van der Waals surface area contributed by atoms with Gasteiger partial charge in [0.2, 0.25) is 0 Å².